The normalized spacial score (nSPS) is 12.7. The lowest BCUT2D eigenvalue weighted by atomic mass is 10.2. The van der Waals surface area contributed by atoms with Gasteiger partial charge in [-0.2, -0.15) is 9.61 Å². The van der Waals surface area contributed by atoms with Crippen LogP contribution in [0.3, 0.4) is 0 Å². The molecule has 1 atom stereocenters. The second-order valence-corrected chi connectivity index (χ2v) is 7.54. The number of rotatable bonds is 5. The Balaban J connectivity index is 1.78. The number of quaternary nitrogens is 1. The molecular formula is C16H17Cl2N4OS+. The number of aryl methyl sites for hydroxylation is 1. The molecule has 0 spiro atoms. The van der Waals surface area contributed by atoms with Gasteiger partial charge in [-0.15, -0.1) is 0 Å². The standard InChI is InChI=1S/C16H16Cl2N4OS/c1-3-14-20-22-15(23)7-11(19-16(22)24-14)9-21(2)8-10-4-5-12(17)13(18)6-10/h4-7H,3,8-9H2,1-2H3/p+1. The summed E-state index contributed by atoms with van der Waals surface area (Å²) in [4.78, 5) is 18.6. The molecule has 2 heterocycles. The van der Waals surface area contributed by atoms with Crippen molar-refractivity contribution in [3.63, 3.8) is 0 Å². The zero-order valence-electron chi connectivity index (χ0n) is 13.3. The highest BCUT2D eigenvalue weighted by Gasteiger charge is 2.12. The van der Waals surface area contributed by atoms with Gasteiger partial charge >= 0.3 is 0 Å². The smallest absolute Gasteiger partial charge is 0.275 e. The molecule has 3 rings (SSSR count). The van der Waals surface area contributed by atoms with Crippen molar-refractivity contribution in [2.75, 3.05) is 7.05 Å². The first-order valence-corrected chi connectivity index (χ1v) is 9.17. The summed E-state index contributed by atoms with van der Waals surface area (Å²) >= 11 is 13.5. The Morgan fingerprint density at radius 2 is 2.00 bits per heavy atom. The van der Waals surface area contributed by atoms with Crippen molar-refractivity contribution in [3.05, 3.63) is 60.9 Å². The summed E-state index contributed by atoms with van der Waals surface area (Å²) in [7, 11) is 2.05. The van der Waals surface area contributed by atoms with Crippen molar-refractivity contribution in [3.8, 4) is 0 Å². The van der Waals surface area contributed by atoms with Gasteiger partial charge in [-0.25, -0.2) is 4.98 Å². The number of benzene rings is 1. The summed E-state index contributed by atoms with van der Waals surface area (Å²) in [5.41, 5.74) is 1.72. The molecule has 0 saturated carbocycles. The predicted octanol–water partition coefficient (Wildman–Crippen LogP) is 2.24. The molecule has 1 aromatic carbocycles. The summed E-state index contributed by atoms with van der Waals surface area (Å²) in [5.74, 6) is 0. The Morgan fingerprint density at radius 3 is 2.71 bits per heavy atom. The van der Waals surface area contributed by atoms with Gasteiger partial charge in [-0.1, -0.05) is 47.5 Å². The zero-order chi connectivity index (χ0) is 17.3. The summed E-state index contributed by atoms with van der Waals surface area (Å²) in [6, 6.07) is 7.19. The van der Waals surface area contributed by atoms with Crippen molar-refractivity contribution in [2.24, 2.45) is 0 Å². The molecule has 0 saturated heterocycles. The van der Waals surface area contributed by atoms with Crippen LogP contribution in [0.15, 0.2) is 29.1 Å². The van der Waals surface area contributed by atoms with Crippen molar-refractivity contribution in [2.45, 2.75) is 26.4 Å². The van der Waals surface area contributed by atoms with Gasteiger partial charge in [-0.05, 0) is 18.6 Å². The topological polar surface area (TPSA) is 51.7 Å². The van der Waals surface area contributed by atoms with E-state index in [0.29, 0.717) is 21.6 Å². The average Bonchev–Trinajstić information content (AvgIpc) is 2.94. The minimum atomic E-state index is -0.131. The lowest BCUT2D eigenvalue weighted by Gasteiger charge is -2.14. The van der Waals surface area contributed by atoms with Gasteiger partial charge in [-0.3, -0.25) is 4.79 Å². The fourth-order valence-corrected chi connectivity index (χ4v) is 3.68. The first-order chi connectivity index (χ1) is 11.5. The summed E-state index contributed by atoms with van der Waals surface area (Å²) in [6.45, 7) is 3.42. The highest BCUT2D eigenvalue weighted by atomic mass is 35.5. The maximum absolute atomic E-state index is 12.2. The highest BCUT2D eigenvalue weighted by Crippen LogP contribution is 2.22. The van der Waals surface area contributed by atoms with Gasteiger partial charge in [0.25, 0.3) is 5.56 Å². The Labute approximate surface area is 153 Å². The van der Waals surface area contributed by atoms with Crippen LogP contribution >= 0.6 is 34.5 Å². The molecule has 0 amide bonds. The third kappa shape index (κ3) is 3.78. The van der Waals surface area contributed by atoms with Crippen LogP contribution in [0.25, 0.3) is 4.96 Å². The number of fused-ring (bicyclic) bond motifs is 1. The van der Waals surface area contributed by atoms with E-state index in [4.69, 9.17) is 23.2 Å². The first-order valence-electron chi connectivity index (χ1n) is 7.60. The fraction of sp³-hybridized carbons (Fsp3) is 0.312. The van der Waals surface area contributed by atoms with Crippen LogP contribution in [0.5, 0.6) is 0 Å². The largest absolute Gasteiger partial charge is 0.329 e. The van der Waals surface area contributed by atoms with E-state index in [1.54, 1.807) is 12.1 Å². The van der Waals surface area contributed by atoms with Gasteiger partial charge in [0.1, 0.15) is 23.8 Å². The molecular weight excluding hydrogens is 367 g/mol. The highest BCUT2D eigenvalue weighted by molar-refractivity contribution is 7.16. The van der Waals surface area contributed by atoms with Crippen molar-refractivity contribution in [1.29, 1.82) is 0 Å². The lowest BCUT2D eigenvalue weighted by molar-refractivity contribution is -0.908. The fourth-order valence-electron chi connectivity index (χ4n) is 2.50. The average molecular weight is 384 g/mol. The van der Waals surface area contributed by atoms with Gasteiger partial charge < -0.3 is 4.90 Å². The molecule has 126 valence electrons. The number of nitrogens with zero attached hydrogens (tertiary/aromatic N) is 3. The molecule has 1 unspecified atom stereocenters. The molecule has 0 bridgehead atoms. The molecule has 0 aliphatic carbocycles. The molecule has 1 N–H and O–H groups in total. The summed E-state index contributed by atoms with van der Waals surface area (Å²) in [5, 5.41) is 6.28. The van der Waals surface area contributed by atoms with Crippen LogP contribution in [0.1, 0.15) is 23.2 Å². The predicted molar refractivity (Wildman–Crippen MR) is 97.3 cm³/mol. The van der Waals surface area contributed by atoms with E-state index in [-0.39, 0.29) is 5.56 Å². The number of nitrogens with one attached hydrogen (secondary N) is 1. The monoisotopic (exact) mass is 383 g/mol. The lowest BCUT2D eigenvalue weighted by Crippen LogP contribution is -3.06. The molecule has 24 heavy (non-hydrogen) atoms. The van der Waals surface area contributed by atoms with E-state index in [1.807, 2.05) is 19.1 Å². The molecule has 5 nitrogen and oxygen atoms in total. The molecule has 3 aromatic rings. The maximum Gasteiger partial charge on any atom is 0.275 e. The Hall–Kier alpha value is -1.47. The molecule has 0 aliphatic heterocycles. The second-order valence-electron chi connectivity index (χ2n) is 5.69. The van der Waals surface area contributed by atoms with Crippen LogP contribution in [0.2, 0.25) is 10.0 Å². The van der Waals surface area contributed by atoms with Crippen LogP contribution in [-0.2, 0) is 19.5 Å². The van der Waals surface area contributed by atoms with E-state index in [0.717, 1.165) is 29.2 Å². The Kier molecular flexibility index (Phi) is 5.20. The first kappa shape index (κ1) is 17.4. The molecule has 0 radical (unpaired) electrons. The third-order valence-electron chi connectivity index (χ3n) is 3.62. The molecule has 0 fully saturated rings. The van der Waals surface area contributed by atoms with Crippen LogP contribution in [0.4, 0.5) is 0 Å². The maximum atomic E-state index is 12.2. The van der Waals surface area contributed by atoms with E-state index >= 15 is 0 Å². The van der Waals surface area contributed by atoms with E-state index in [9.17, 15) is 4.79 Å². The zero-order valence-corrected chi connectivity index (χ0v) is 15.7. The third-order valence-corrected chi connectivity index (χ3v) is 5.41. The summed E-state index contributed by atoms with van der Waals surface area (Å²) in [6.07, 6.45) is 0.797. The minimum Gasteiger partial charge on any atom is -0.329 e. The second kappa shape index (κ2) is 7.19. The van der Waals surface area contributed by atoms with Crippen molar-refractivity contribution in [1.82, 2.24) is 14.6 Å². The minimum absolute atomic E-state index is 0.131. The van der Waals surface area contributed by atoms with Crippen LogP contribution in [-0.4, -0.2) is 21.6 Å². The molecule has 8 heteroatoms. The Morgan fingerprint density at radius 1 is 1.21 bits per heavy atom. The van der Waals surface area contributed by atoms with Gasteiger partial charge in [0.05, 0.1) is 17.1 Å². The number of aromatic nitrogens is 3. The van der Waals surface area contributed by atoms with Gasteiger partial charge in [0.15, 0.2) is 0 Å². The molecule has 2 aromatic heterocycles. The number of halogens is 2. The summed E-state index contributed by atoms with van der Waals surface area (Å²) < 4.78 is 1.38. The number of hydrogen-bond acceptors (Lipinski definition) is 4. The number of hydrogen-bond donors (Lipinski definition) is 1. The van der Waals surface area contributed by atoms with E-state index < -0.39 is 0 Å². The van der Waals surface area contributed by atoms with Gasteiger partial charge in [0.2, 0.25) is 4.96 Å². The van der Waals surface area contributed by atoms with Crippen molar-refractivity contribution < 1.29 is 4.90 Å². The molecule has 0 aliphatic rings. The van der Waals surface area contributed by atoms with Crippen LogP contribution in [0, 0.1) is 0 Å². The van der Waals surface area contributed by atoms with Gasteiger partial charge in [0, 0.05) is 11.6 Å². The quantitative estimate of drug-likeness (QED) is 0.734. The SMILES string of the molecule is CCc1nn2c(=O)cc(C[NH+](C)Cc3ccc(Cl)c(Cl)c3)nc2s1. The van der Waals surface area contributed by atoms with E-state index in [2.05, 4.69) is 17.1 Å². The Bertz CT molecular complexity index is 937. The van der Waals surface area contributed by atoms with E-state index in [1.165, 1.54) is 20.8 Å². The van der Waals surface area contributed by atoms with Crippen molar-refractivity contribution >= 4 is 39.5 Å². The van der Waals surface area contributed by atoms with Crippen LogP contribution < -0.4 is 10.5 Å².